The highest BCUT2D eigenvalue weighted by Crippen LogP contribution is 2.31. The van der Waals surface area contributed by atoms with Crippen molar-refractivity contribution in [2.75, 3.05) is 5.32 Å². The summed E-state index contributed by atoms with van der Waals surface area (Å²) in [6.45, 7) is 3.49. The van der Waals surface area contributed by atoms with Gasteiger partial charge in [-0.25, -0.2) is 14.7 Å². The molecule has 3 atom stereocenters. The number of hydrogen-bond acceptors (Lipinski definition) is 7. The number of urea groups is 1. The molecule has 1 saturated heterocycles. The number of imide groups is 1. The number of thiazole rings is 1. The molecule has 180 valence electrons. The van der Waals surface area contributed by atoms with Crippen molar-refractivity contribution < 1.29 is 24.3 Å². The van der Waals surface area contributed by atoms with Gasteiger partial charge in [-0.2, -0.15) is 0 Å². The molecule has 0 saturated carbocycles. The summed E-state index contributed by atoms with van der Waals surface area (Å²) in [6, 6.07) is 12.2. The number of rotatable bonds is 8. The summed E-state index contributed by atoms with van der Waals surface area (Å²) in [6.07, 6.45) is 0.284. The summed E-state index contributed by atoms with van der Waals surface area (Å²) < 4.78 is 0. The molecule has 1 aliphatic rings. The highest BCUT2D eigenvalue weighted by Gasteiger charge is 2.47. The second kappa shape index (κ2) is 10.1. The number of hydrogen-bond donors (Lipinski definition) is 3. The normalized spacial score (nSPS) is 17.1. The first kappa shape index (κ1) is 24.1. The second-order valence-electron chi connectivity index (χ2n) is 8.13. The van der Waals surface area contributed by atoms with E-state index in [9.17, 15) is 24.3 Å². The van der Waals surface area contributed by atoms with Crippen molar-refractivity contribution in [3.05, 3.63) is 76.8 Å². The monoisotopic (exact) mass is 492 g/mol. The molecule has 1 aliphatic heterocycles. The second-order valence-corrected chi connectivity index (χ2v) is 8.99. The van der Waals surface area contributed by atoms with E-state index in [1.807, 2.05) is 30.3 Å². The molecule has 3 aromatic rings. The van der Waals surface area contributed by atoms with Crippen LogP contribution in [0.2, 0.25) is 0 Å². The zero-order chi connectivity index (χ0) is 25.1. The summed E-state index contributed by atoms with van der Waals surface area (Å²) in [5, 5.41) is 16.6. The highest BCUT2D eigenvalue weighted by atomic mass is 32.1. The molecule has 0 aliphatic carbocycles. The van der Waals surface area contributed by atoms with Crippen LogP contribution >= 0.6 is 11.3 Å². The van der Waals surface area contributed by atoms with E-state index in [4.69, 9.17) is 0 Å². The van der Waals surface area contributed by atoms with Gasteiger partial charge >= 0.3 is 6.03 Å². The van der Waals surface area contributed by atoms with Crippen molar-refractivity contribution in [3.63, 3.8) is 0 Å². The standard InChI is InChI=1S/C25H24N4O5S/c1-3-19(31)18-13-35-24(26-18)28-22(32)21(14(2)15-7-5-4-6-8-15)29-23(33)20(27-25(29)34)16-9-11-17(30)12-10-16/h4-14,20-21,30H,3H2,1-2H3,(H,27,34)(H,26,28,32)/t14-,20?,21-/m0/s1. The fourth-order valence-electron chi connectivity index (χ4n) is 3.98. The third-order valence-electron chi connectivity index (χ3n) is 5.88. The molecule has 10 heteroatoms. The maximum atomic E-state index is 13.5. The van der Waals surface area contributed by atoms with Crippen LogP contribution in [0.3, 0.4) is 0 Å². The Morgan fingerprint density at radius 3 is 2.49 bits per heavy atom. The molecule has 3 N–H and O–H groups in total. The Kier molecular flexibility index (Phi) is 6.92. The molecule has 4 rings (SSSR count). The van der Waals surface area contributed by atoms with E-state index >= 15 is 0 Å². The lowest BCUT2D eigenvalue weighted by molar-refractivity contribution is -0.134. The lowest BCUT2D eigenvalue weighted by atomic mass is 9.91. The molecule has 4 amide bonds. The van der Waals surface area contributed by atoms with E-state index in [1.54, 1.807) is 31.4 Å². The summed E-state index contributed by atoms with van der Waals surface area (Å²) in [5.41, 5.74) is 1.50. The van der Waals surface area contributed by atoms with E-state index in [0.717, 1.165) is 21.8 Å². The third kappa shape index (κ3) is 4.92. The number of aromatic hydroxyl groups is 1. The van der Waals surface area contributed by atoms with Crippen molar-refractivity contribution in [2.24, 2.45) is 0 Å². The van der Waals surface area contributed by atoms with Crippen molar-refractivity contribution in [2.45, 2.75) is 38.3 Å². The molecule has 1 aromatic heterocycles. The van der Waals surface area contributed by atoms with Crippen molar-refractivity contribution >= 4 is 40.1 Å². The molecule has 35 heavy (non-hydrogen) atoms. The van der Waals surface area contributed by atoms with Crippen LogP contribution in [0.5, 0.6) is 5.75 Å². The Morgan fingerprint density at radius 2 is 1.83 bits per heavy atom. The Morgan fingerprint density at radius 1 is 1.14 bits per heavy atom. The van der Waals surface area contributed by atoms with Crippen molar-refractivity contribution in [3.8, 4) is 5.75 Å². The minimum atomic E-state index is -1.18. The number of phenolic OH excluding ortho intramolecular Hbond substituents is 1. The van der Waals surface area contributed by atoms with Gasteiger partial charge in [0.05, 0.1) is 0 Å². The van der Waals surface area contributed by atoms with Crippen LogP contribution in [-0.4, -0.2) is 44.7 Å². The lowest BCUT2D eigenvalue weighted by Crippen LogP contribution is -2.50. The summed E-state index contributed by atoms with van der Waals surface area (Å²) in [4.78, 5) is 57.0. The van der Waals surface area contributed by atoms with Gasteiger partial charge in [-0.1, -0.05) is 56.3 Å². The number of nitrogens with one attached hydrogen (secondary N) is 2. The molecule has 0 bridgehead atoms. The van der Waals surface area contributed by atoms with Gasteiger partial charge in [-0.05, 0) is 23.3 Å². The van der Waals surface area contributed by atoms with Crippen LogP contribution in [0, 0.1) is 0 Å². The smallest absolute Gasteiger partial charge is 0.325 e. The SMILES string of the molecule is CCC(=O)c1csc(NC(=O)[C@H]([C@@H](C)c2ccccc2)N2C(=O)NC(c3ccc(O)cc3)C2=O)n1. The summed E-state index contributed by atoms with van der Waals surface area (Å²) >= 11 is 1.10. The van der Waals surface area contributed by atoms with Gasteiger partial charge in [0.1, 0.15) is 23.5 Å². The number of nitrogens with zero attached hydrogens (tertiary/aromatic N) is 2. The average Bonchev–Trinajstić information content (AvgIpc) is 3.44. The van der Waals surface area contributed by atoms with E-state index in [1.165, 1.54) is 12.1 Å². The number of amides is 4. The fraction of sp³-hybridized carbons (Fsp3) is 0.240. The van der Waals surface area contributed by atoms with E-state index < -0.39 is 35.8 Å². The minimum absolute atomic E-state index is 0.0294. The van der Waals surface area contributed by atoms with Crippen LogP contribution in [-0.2, 0) is 9.59 Å². The summed E-state index contributed by atoms with van der Waals surface area (Å²) in [5.74, 6) is -1.84. The van der Waals surface area contributed by atoms with Gasteiger partial charge < -0.3 is 15.7 Å². The number of carbonyl (C=O) groups is 4. The number of Topliss-reactive ketones (excluding diaryl/α,β-unsaturated/α-hetero) is 1. The molecule has 1 unspecified atom stereocenters. The highest BCUT2D eigenvalue weighted by molar-refractivity contribution is 7.14. The predicted octanol–water partition coefficient (Wildman–Crippen LogP) is 3.85. The molecule has 0 radical (unpaired) electrons. The first-order valence-electron chi connectivity index (χ1n) is 11.1. The van der Waals surface area contributed by atoms with Crippen molar-refractivity contribution in [1.29, 1.82) is 0 Å². The van der Waals surface area contributed by atoms with Crippen LogP contribution in [0.4, 0.5) is 9.93 Å². The average molecular weight is 493 g/mol. The third-order valence-corrected chi connectivity index (χ3v) is 6.64. The Balaban J connectivity index is 1.66. The first-order chi connectivity index (χ1) is 16.8. The zero-order valence-corrected chi connectivity index (χ0v) is 19.9. The molecule has 0 spiro atoms. The van der Waals surface area contributed by atoms with E-state index in [0.29, 0.717) is 5.56 Å². The largest absolute Gasteiger partial charge is 0.508 e. The number of anilines is 1. The predicted molar refractivity (Wildman–Crippen MR) is 130 cm³/mol. The van der Waals surface area contributed by atoms with Crippen LogP contribution in [0.15, 0.2) is 60.0 Å². The van der Waals surface area contributed by atoms with E-state index in [-0.39, 0.29) is 28.8 Å². The Hall–Kier alpha value is -4.05. The molecular formula is C25H24N4O5S. The van der Waals surface area contributed by atoms with Gasteiger partial charge in [0.25, 0.3) is 5.91 Å². The van der Waals surface area contributed by atoms with Crippen LogP contribution in [0.1, 0.15) is 53.8 Å². The number of ketones is 1. The first-order valence-corrected chi connectivity index (χ1v) is 11.9. The van der Waals surface area contributed by atoms with Gasteiger partial charge in [-0.3, -0.25) is 14.4 Å². The Labute approximate surface area is 205 Å². The molecular weight excluding hydrogens is 468 g/mol. The quantitative estimate of drug-likeness (QED) is 0.324. The molecule has 9 nitrogen and oxygen atoms in total. The minimum Gasteiger partial charge on any atom is -0.508 e. The van der Waals surface area contributed by atoms with Gasteiger partial charge in [0.2, 0.25) is 5.91 Å². The Bertz CT molecular complexity index is 1260. The van der Waals surface area contributed by atoms with Gasteiger partial charge in [-0.15, -0.1) is 11.3 Å². The van der Waals surface area contributed by atoms with Crippen molar-refractivity contribution in [1.82, 2.24) is 15.2 Å². The van der Waals surface area contributed by atoms with Gasteiger partial charge in [0, 0.05) is 17.7 Å². The molecule has 2 aromatic carbocycles. The maximum Gasteiger partial charge on any atom is 0.325 e. The topological polar surface area (TPSA) is 129 Å². The molecule has 1 fully saturated rings. The van der Waals surface area contributed by atoms with Crippen LogP contribution in [0.25, 0.3) is 0 Å². The van der Waals surface area contributed by atoms with Crippen LogP contribution < -0.4 is 10.6 Å². The van der Waals surface area contributed by atoms with Gasteiger partial charge in [0.15, 0.2) is 10.9 Å². The molecule has 2 heterocycles. The van der Waals surface area contributed by atoms with E-state index in [2.05, 4.69) is 15.6 Å². The lowest BCUT2D eigenvalue weighted by Gasteiger charge is -2.29. The summed E-state index contributed by atoms with van der Waals surface area (Å²) in [7, 11) is 0. The number of phenols is 1. The fourth-order valence-corrected chi connectivity index (χ4v) is 4.69. The zero-order valence-electron chi connectivity index (χ0n) is 19.1. The number of aromatic nitrogens is 1. The number of carbonyl (C=O) groups excluding carboxylic acids is 4. The number of benzene rings is 2. The maximum absolute atomic E-state index is 13.5.